The second-order valence-electron chi connectivity index (χ2n) is 2.75. The van der Waals surface area contributed by atoms with Gasteiger partial charge in [0.25, 0.3) is 5.91 Å². The molecule has 0 atom stereocenters. The number of anilines is 1. The van der Waals surface area contributed by atoms with Crippen LogP contribution in [0.3, 0.4) is 0 Å². The predicted molar refractivity (Wildman–Crippen MR) is 53.3 cm³/mol. The van der Waals surface area contributed by atoms with Crippen molar-refractivity contribution in [1.29, 1.82) is 0 Å². The molecule has 1 aromatic rings. The number of nitrogens with zero attached hydrogens (tertiary/aromatic N) is 1. The highest BCUT2D eigenvalue weighted by Gasteiger charge is 2.18. The van der Waals surface area contributed by atoms with Crippen molar-refractivity contribution in [1.82, 2.24) is 4.90 Å². The summed E-state index contributed by atoms with van der Waals surface area (Å²) in [7, 11) is 4.89. The number of thiophene rings is 1. The van der Waals surface area contributed by atoms with E-state index >= 15 is 0 Å². The second kappa shape index (κ2) is 3.66. The van der Waals surface area contributed by atoms with Crippen LogP contribution in [-0.4, -0.2) is 32.0 Å². The fourth-order valence-electron chi connectivity index (χ4n) is 0.961. The Labute approximate surface area is 80.9 Å². The lowest BCUT2D eigenvalue weighted by Gasteiger charge is -2.10. The third-order valence-electron chi connectivity index (χ3n) is 1.61. The molecule has 0 aliphatic rings. The number of nitrogen functional groups attached to an aromatic ring is 1. The van der Waals surface area contributed by atoms with E-state index < -0.39 is 0 Å². The molecule has 0 aromatic carbocycles. The van der Waals surface area contributed by atoms with Gasteiger partial charge in [0.05, 0.1) is 12.7 Å². The van der Waals surface area contributed by atoms with E-state index in [1.165, 1.54) is 23.3 Å². The number of hydrogen-bond acceptors (Lipinski definition) is 4. The van der Waals surface area contributed by atoms with Gasteiger partial charge in [-0.15, -0.1) is 11.3 Å². The molecule has 0 bridgehead atoms. The molecule has 0 spiro atoms. The summed E-state index contributed by atoms with van der Waals surface area (Å²) >= 11 is 1.31. The first-order chi connectivity index (χ1) is 6.07. The molecule has 0 saturated carbocycles. The van der Waals surface area contributed by atoms with Crippen LogP contribution in [0.2, 0.25) is 0 Å². The summed E-state index contributed by atoms with van der Waals surface area (Å²) in [4.78, 5) is 13.0. The van der Waals surface area contributed by atoms with E-state index in [4.69, 9.17) is 10.5 Å². The molecule has 4 nitrogen and oxygen atoms in total. The number of ether oxygens (including phenoxy) is 1. The third-order valence-corrected chi connectivity index (χ3v) is 2.41. The Morgan fingerprint density at radius 1 is 1.62 bits per heavy atom. The van der Waals surface area contributed by atoms with Crippen LogP contribution in [0.25, 0.3) is 0 Å². The molecule has 72 valence electrons. The normalized spacial score (nSPS) is 9.77. The van der Waals surface area contributed by atoms with E-state index in [0.717, 1.165) is 0 Å². The molecule has 1 rings (SSSR count). The maximum atomic E-state index is 11.5. The summed E-state index contributed by atoms with van der Waals surface area (Å²) in [5.41, 5.74) is 6.14. The van der Waals surface area contributed by atoms with Gasteiger partial charge in [-0.3, -0.25) is 4.79 Å². The Hall–Kier alpha value is -1.23. The van der Waals surface area contributed by atoms with Gasteiger partial charge in [-0.2, -0.15) is 0 Å². The minimum Gasteiger partial charge on any atom is -0.493 e. The van der Waals surface area contributed by atoms with Crippen LogP contribution in [0.5, 0.6) is 5.75 Å². The van der Waals surface area contributed by atoms with E-state index in [-0.39, 0.29) is 5.91 Å². The van der Waals surface area contributed by atoms with Crippen molar-refractivity contribution in [3.63, 3.8) is 0 Å². The third kappa shape index (κ3) is 1.75. The van der Waals surface area contributed by atoms with Crippen LogP contribution < -0.4 is 10.5 Å². The summed E-state index contributed by atoms with van der Waals surface area (Å²) < 4.78 is 5.03. The van der Waals surface area contributed by atoms with Crippen molar-refractivity contribution in [3.8, 4) is 5.75 Å². The Morgan fingerprint density at radius 3 is 2.69 bits per heavy atom. The lowest BCUT2D eigenvalue weighted by Crippen LogP contribution is -2.21. The molecule has 0 aliphatic heterocycles. The zero-order chi connectivity index (χ0) is 10.0. The minimum absolute atomic E-state index is 0.0928. The topological polar surface area (TPSA) is 55.6 Å². The highest BCUT2D eigenvalue weighted by Crippen LogP contribution is 2.33. The van der Waals surface area contributed by atoms with Crippen LogP contribution >= 0.6 is 11.3 Å². The Kier molecular flexibility index (Phi) is 2.77. The molecule has 2 N–H and O–H groups in total. The molecular formula is C8H12N2O2S. The van der Waals surface area contributed by atoms with Gasteiger partial charge in [0, 0.05) is 19.5 Å². The van der Waals surface area contributed by atoms with Gasteiger partial charge in [0.15, 0.2) is 5.75 Å². The molecule has 0 fully saturated rings. The summed E-state index contributed by atoms with van der Waals surface area (Å²) in [6.07, 6.45) is 0. The molecule has 0 radical (unpaired) electrons. The number of carbonyl (C=O) groups excluding carboxylic acids is 1. The smallest absolute Gasteiger partial charge is 0.258 e. The highest BCUT2D eigenvalue weighted by molar-refractivity contribution is 7.14. The van der Waals surface area contributed by atoms with Gasteiger partial charge >= 0.3 is 0 Å². The van der Waals surface area contributed by atoms with E-state index in [1.807, 2.05) is 0 Å². The van der Waals surface area contributed by atoms with Crippen LogP contribution in [0.4, 0.5) is 5.00 Å². The van der Waals surface area contributed by atoms with Crippen LogP contribution in [0, 0.1) is 0 Å². The van der Waals surface area contributed by atoms with Gasteiger partial charge < -0.3 is 15.4 Å². The maximum absolute atomic E-state index is 11.5. The molecular weight excluding hydrogens is 188 g/mol. The first-order valence-electron chi connectivity index (χ1n) is 3.70. The van der Waals surface area contributed by atoms with Gasteiger partial charge in [-0.25, -0.2) is 0 Å². The zero-order valence-electron chi connectivity index (χ0n) is 7.83. The van der Waals surface area contributed by atoms with E-state index in [0.29, 0.717) is 16.3 Å². The fourth-order valence-corrected chi connectivity index (χ4v) is 1.71. The minimum atomic E-state index is -0.0928. The van der Waals surface area contributed by atoms with Gasteiger partial charge in [-0.05, 0) is 0 Å². The van der Waals surface area contributed by atoms with Crippen LogP contribution in [0.1, 0.15) is 10.4 Å². The number of nitrogens with two attached hydrogens (primary N) is 1. The van der Waals surface area contributed by atoms with Crippen molar-refractivity contribution >= 4 is 22.2 Å². The summed E-state index contributed by atoms with van der Waals surface area (Å²) in [5.74, 6) is 0.383. The van der Waals surface area contributed by atoms with Gasteiger partial charge in [0.1, 0.15) is 5.00 Å². The fraction of sp³-hybridized carbons (Fsp3) is 0.375. The molecule has 0 saturated heterocycles. The van der Waals surface area contributed by atoms with E-state index in [9.17, 15) is 4.79 Å². The van der Waals surface area contributed by atoms with Gasteiger partial charge in [0.2, 0.25) is 0 Å². The monoisotopic (exact) mass is 200 g/mol. The zero-order valence-corrected chi connectivity index (χ0v) is 8.64. The Morgan fingerprint density at radius 2 is 2.23 bits per heavy atom. The van der Waals surface area contributed by atoms with Crippen molar-refractivity contribution < 1.29 is 9.53 Å². The molecule has 1 heterocycles. The SMILES string of the molecule is COc1c(C(=O)N(C)C)csc1N. The quantitative estimate of drug-likeness (QED) is 0.776. The number of methoxy groups -OCH3 is 1. The van der Waals surface area contributed by atoms with E-state index in [1.54, 1.807) is 19.5 Å². The highest BCUT2D eigenvalue weighted by atomic mass is 32.1. The van der Waals surface area contributed by atoms with Gasteiger partial charge in [-0.1, -0.05) is 0 Å². The van der Waals surface area contributed by atoms with Crippen molar-refractivity contribution in [2.75, 3.05) is 26.9 Å². The Balaban J connectivity index is 3.07. The van der Waals surface area contributed by atoms with E-state index in [2.05, 4.69) is 0 Å². The lowest BCUT2D eigenvalue weighted by molar-refractivity contribution is 0.0825. The molecule has 0 unspecified atom stereocenters. The van der Waals surface area contributed by atoms with Crippen LogP contribution in [0.15, 0.2) is 5.38 Å². The lowest BCUT2D eigenvalue weighted by atomic mass is 10.3. The molecule has 0 aliphatic carbocycles. The number of rotatable bonds is 2. The first-order valence-corrected chi connectivity index (χ1v) is 4.58. The average Bonchev–Trinajstić information content (AvgIpc) is 2.45. The van der Waals surface area contributed by atoms with Crippen molar-refractivity contribution in [2.45, 2.75) is 0 Å². The van der Waals surface area contributed by atoms with Crippen molar-refractivity contribution in [2.24, 2.45) is 0 Å². The summed E-state index contributed by atoms with van der Waals surface area (Å²) in [5, 5.41) is 2.24. The number of hydrogen-bond donors (Lipinski definition) is 1. The Bertz CT molecular complexity index is 320. The number of amides is 1. The molecule has 1 aromatic heterocycles. The second-order valence-corrected chi connectivity index (χ2v) is 3.66. The molecule has 1 amide bonds. The first kappa shape index (κ1) is 9.85. The van der Waals surface area contributed by atoms with Crippen LogP contribution in [-0.2, 0) is 0 Å². The standard InChI is InChI=1S/C8H12N2O2S/c1-10(2)8(11)5-4-13-7(9)6(5)12-3/h4H,9H2,1-3H3. The molecule has 13 heavy (non-hydrogen) atoms. The number of carbonyl (C=O) groups is 1. The largest absolute Gasteiger partial charge is 0.493 e. The maximum Gasteiger partial charge on any atom is 0.258 e. The summed E-state index contributed by atoms with van der Waals surface area (Å²) in [6.45, 7) is 0. The van der Waals surface area contributed by atoms with Crippen molar-refractivity contribution in [3.05, 3.63) is 10.9 Å². The molecule has 5 heteroatoms. The summed E-state index contributed by atoms with van der Waals surface area (Å²) in [6, 6.07) is 0. The predicted octanol–water partition coefficient (Wildman–Crippen LogP) is 1.04. The average molecular weight is 200 g/mol.